The van der Waals surface area contributed by atoms with Gasteiger partial charge in [-0.15, -0.1) is 11.3 Å². The fourth-order valence-electron chi connectivity index (χ4n) is 2.21. The highest BCUT2D eigenvalue weighted by atomic mass is 32.1. The number of rotatable bonds is 2. The largest absolute Gasteiger partial charge is 0.375 e. The lowest BCUT2D eigenvalue weighted by Crippen LogP contribution is -2.24. The monoisotopic (exact) mass is 247 g/mol. The number of thiazole rings is 1. The van der Waals surface area contributed by atoms with E-state index < -0.39 is 0 Å². The van der Waals surface area contributed by atoms with Gasteiger partial charge in [0.2, 0.25) is 5.95 Å². The molecule has 6 heteroatoms. The number of nitrogens with two attached hydrogens (primary N) is 1. The zero-order valence-electron chi connectivity index (χ0n) is 9.28. The molecule has 2 N–H and O–H groups in total. The molecule has 1 aliphatic heterocycles. The van der Waals surface area contributed by atoms with Crippen LogP contribution in [0.1, 0.15) is 24.6 Å². The molecule has 3 rings (SSSR count). The minimum Gasteiger partial charge on any atom is -0.375 e. The Morgan fingerprint density at radius 1 is 1.35 bits per heavy atom. The third kappa shape index (κ3) is 1.95. The first-order valence-corrected chi connectivity index (χ1v) is 6.47. The summed E-state index contributed by atoms with van der Waals surface area (Å²) in [6.07, 6.45) is 5.77. The van der Waals surface area contributed by atoms with Crippen molar-refractivity contribution in [2.45, 2.75) is 18.9 Å². The van der Waals surface area contributed by atoms with Gasteiger partial charge in [-0.3, -0.25) is 0 Å². The summed E-state index contributed by atoms with van der Waals surface area (Å²) in [5, 5.41) is 2.65. The van der Waals surface area contributed by atoms with Gasteiger partial charge in [-0.2, -0.15) is 0 Å². The van der Waals surface area contributed by atoms with Crippen molar-refractivity contribution in [1.82, 2.24) is 15.0 Å². The lowest BCUT2D eigenvalue weighted by atomic mass is 10.2. The first-order valence-electron chi connectivity index (χ1n) is 5.59. The van der Waals surface area contributed by atoms with Gasteiger partial charge in [0, 0.05) is 24.3 Å². The van der Waals surface area contributed by atoms with Crippen molar-refractivity contribution in [1.29, 1.82) is 0 Å². The highest BCUT2D eigenvalue weighted by molar-refractivity contribution is 7.13. The molecule has 1 fully saturated rings. The van der Waals surface area contributed by atoms with Crippen molar-refractivity contribution in [3.05, 3.63) is 29.5 Å². The molecule has 3 heterocycles. The van der Waals surface area contributed by atoms with Gasteiger partial charge in [0.25, 0.3) is 0 Å². The van der Waals surface area contributed by atoms with Crippen molar-refractivity contribution in [3.8, 4) is 0 Å². The highest BCUT2D eigenvalue weighted by Crippen LogP contribution is 2.34. The number of hydrogen-bond donors (Lipinski definition) is 1. The fraction of sp³-hybridized carbons (Fsp3) is 0.364. The number of nitrogen functional groups attached to an aromatic ring is 1. The molecule has 0 amide bonds. The summed E-state index contributed by atoms with van der Waals surface area (Å²) in [6, 6.07) is 2.10. The van der Waals surface area contributed by atoms with Crippen LogP contribution in [-0.2, 0) is 0 Å². The zero-order chi connectivity index (χ0) is 11.7. The predicted molar refractivity (Wildman–Crippen MR) is 67.9 cm³/mol. The zero-order valence-corrected chi connectivity index (χ0v) is 10.1. The Labute approximate surface area is 103 Å². The van der Waals surface area contributed by atoms with Crippen molar-refractivity contribution < 1.29 is 0 Å². The predicted octanol–water partition coefficient (Wildman–Crippen LogP) is 1.86. The summed E-state index contributed by atoms with van der Waals surface area (Å²) in [5.74, 6) is 0.779. The maximum Gasteiger partial charge on any atom is 0.225 e. The molecule has 1 saturated heterocycles. The van der Waals surface area contributed by atoms with Gasteiger partial charge >= 0.3 is 0 Å². The molecule has 0 aliphatic carbocycles. The van der Waals surface area contributed by atoms with Gasteiger partial charge in [-0.25, -0.2) is 15.0 Å². The van der Waals surface area contributed by atoms with Crippen LogP contribution in [-0.4, -0.2) is 21.5 Å². The van der Waals surface area contributed by atoms with E-state index in [9.17, 15) is 0 Å². The molecule has 1 atom stereocenters. The van der Waals surface area contributed by atoms with Crippen LogP contribution in [0.5, 0.6) is 0 Å². The first kappa shape index (κ1) is 10.5. The van der Waals surface area contributed by atoms with Crippen LogP contribution in [0.25, 0.3) is 0 Å². The maximum absolute atomic E-state index is 5.69. The topological polar surface area (TPSA) is 67.9 Å². The third-order valence-corrected chi connectivity index (χ3v) is 3.64. The number of hydrogen-bond acceptors (Lipinski definition) is 6. The van der Waals surface area contributed by atoms with Crippen LogP contribution in [0, 0.1) is 0 Å². The van der Waals surface area contributed by atoms with E-state index in [-0.39, 0.29) is 6.04 Å². The lowest BCUT2D eigenvalue weighted by Gasteiger charge is -2.22. The summed E-state index contributed by atoms with van der Waals surface area (Å²) in [7, 11) is 0. The van der Waals surface area contributed by atoms with Crippen LogP contribution < -0.4 is 10.6 Å². The van der Waals surface area contributed by atoms with Crippen LogP contribution in [0.2, 0.25) is 0 Å². The van der Waals surface area contributed by atoms with E-state index in [1.807, 2.05) is 11.4 Å². The molecule has 1 unspecified atom stereocenters. The molecular weight excluding hydrogens is 234 g/mol. The van der Waals surface area contributed by atoms with E-state index in [1.54, 1.807) is 12.4 Å². The molecule has 0 bridgehead atoms. The Kier molecular flexibility index (Phi) is 2.64. The molecule has 0 saturated carbocycles. The molecule has 0 radical (unpaired) electrons. The summed E-state index contributed by atoms with van der Waals surface area (Å²) >= 11 is 1.49. The number of anilines is 2. The van der Waals surface area contributed by atoms with E-state index in [0.29, 0.717) is 5.13 Å². The van der Waals surface area contributed by atoms with E-state index in [0.717, 1.165) is 31.0 Å². The maximum atomic E-state index is 5.69. The summed E-state index contributed by atoms with van der Waals surface area (Å²) in [4.78, 5) is 15.2. The Hall–Kier alpha value is -1.69. The van der Waals surface area contributed by atoms with Crippen LogP contribution >= 0.6 is 11.3 Å². The third-order valence-electron chi connectivity index (χ3n) is 2.94. The van der Waals surface area contributed by atoms with Crippen molar-refractivity contribution >= 4 is 22.4 Å². The van der Waals surface area contributed by atoms with Gasteiger partial charge in [0.1, 0.15) is 0 Å². The minimum absolute atomic E-state index is 0.269. The molecule has 88 valence electrons. The highest BCUT2D eigenvalue weighted by Gasteiger charge is 2.29. The summed E-state index contributed by atoms with van der Waals surface area (Å²) in [5.41, 5.74) is 6.73. The standard InChI is InChI=1S/C11H13N5S/c12-10-15-8(7-17-10)9-3-1-6-16(9)11-13-4-2-5-14-11/h2,4-5,7,9H,1,3,6H2,(H2,12,15). The van der Waals surface area contributed by atoms with Gasteiger partial charge in [0.05, 0.1) is 11.7 Å². The minimum atomic E-state index is 0.269. The number of aromatic nitrogens is 3. The van der Waals surface area contributed by atoms with E-state index >= 15 is 0 Å². The van der Waals surface area contributed by atoms with Crippen LogP contribution in [0.15, 0.2) is 23.8 Å². The van der Waals surface area contributed by atoms with E-state index in [4.69, 9.17) is 5.73 Å². The van der Waals surface area contributed by atoms with Crippen LogP contribution in [0.3, 0.4) is 0 Å². The fourth-order valence-corrected chi connectivity index (χ4v) is 2.82. The van der Waals surface area contributed by atoms with Gasteiger partial charge < -0.3 is 10.6 Å². The molecule has 2 aromatic rings. The quantitative estimate of drug-likeness (QED) is 0.877. The van der Waals surface area contributed by atoms with Gasteiger partial charge in [-0.1, -0.05) is 0 Å². The first-order chi connectivity index (χ1) is 8.34. The summed E-state index contributed by atoms with van der Waals surface area (Å²) < 4.78 is 0. The average molecular weight is 247 g/mol. The Balaban J connectivity index is 1.90. The molecule has 5 nitrogen and oxygen atoms in total. The van der Waals surface area contributed by atoms with E-state index in [2.05, 4.69) is 19.9 Å². The molecular formula is C11H13N5S. The van der Waals surface area contributed by atoms with Gasteiger partial charge in [0.15, 0.2) is 5.13 Å². The second-order valence-corrected chi connectivity index (χ2v) is 4.90. The Morgan fingerprint density at radius 3 is 2.88 bits per heavy atom. The van der Waals surface area contributed by atoms with E-state index in [1.165, 1.54) is 11.3 Å². The van der Waals surface area contributed by atoms with Crippen LogP contribution in [0.4, 0.5) is 11.1 Å². The van der Waals surface area contributed by atoms with Crippen molar-refractivity contribution in [3.63, 3.8) is 0 Å². The second-order valence-electron chi connectivity index (χ2n) is 4.01. The normalized spacial score (nSPS) is 19.8. The average Bonchev–Trinajstić information content (AvgIpc) is 2.98. The molecule has 2 aromatic heterocycles. The van der Waals surface area contributed by atoms with Crippen molar-refractivity contribution in [2.75, 3.05) is 17.2 Å². The molecule has 0 spiro atoms. The number of nitrogens with zero attached hydrogens (tertiary/aromatic N) is 4. The summed E-state index contributed by atoms with van der Waals surface area (Å²) in [6.45, 7) is 0.978. The molecule has 1 aliphatic rings. The Morgan fingerprint density at radius 2 is 2.18 bits per heavy atom. The molecule has 0 aromatic carbocycles. The molecule has 17 heavy (non-hydrogen) atoms. The lowest BCUT2D eigenvalue weighted by molar-refractivity contribution is 0.685. The smallest absolute Gasteiger partial charge is 0.225 e. The SMILES string of the molecule is Nc1nc(C2CCCN2c2ncccn2)cs1. The van der Waals surface area contributed by atoms with Crippen molar-refractivity contribution in [2.24, 2.45) is 0 Å². The van der Waals surface area contributed by atoms with Gasteiger partial charge in [-0.05, 0) is 18.9 Å². The second kappa shape index (κ2) is 4.29. The Bertz CT molecular complexity index is 498.